The summed E-state index contributed by atoms with van der Waals surface area (Å²) >= 11 is 0. The van der Waals surface area contributed by atoms with E-state index in [9.17, 15) is 4.79 Å². The van der Waals surface area contributed by atoms with E-state index in [1.54, 1.807) is 0 Å². The normalized spacial score (nSPS) is 15.3. The second-order valence-corrected chi connectivity index (χ2v) is 6.84. The quantitative estimate of drug-likeness (QED) is 0.378. The minimum Gasteiger partial charge on any atom is -0.370 e. The van der Waals surface area contributed by atoms with Gasteiger partial charge in [-0.05, 0) is 44.6 Å². The van der Waals surface area contributed by atoms with E-state index in [0.29, 0.717) is 24.6 Å². The van der Waals surface area contributed by atoms with Crippen LogP contribution in [0.15, 0.2) is 29.3 Å². The van der Waals surface area contributed by atoms with Crippen LogP contribution in [-0.4, -0.2) is 61.9 Å². The zero-order valence-electron chi connectivity index (χ0n) is 15.9. The highest BCUT2D eigenvalue weighted by Gasteiger charge is 2.11. The highest BCUT2D eigenvalue weighted by molar-refractivity contribution is 14.0. The van der Waals surface area contributed by atoms with Crippen molar-refractivity contribution in [3.05, 3.63) is 35.4 Å². The van der Waals surface area contributed by atoms with Crippen LogP contribution in [0.3, 0.4) is 0 Å². The van der Waals surface area contributed by atoms with Gasteiger partial charge in [0.05, 0.1) is 6.54 Å². The summed E-state index contributed by atoms with van der Waals surface area (Å²) in [5.74, 6) is 0.566. The highest BCUT2D eigenvalue weighted by atomic mass is 127. The number of rotatable bonds is 6. The van der Waals surface area contributed by atoms with Crippen LogP contribution >= 0.6 is 24.0 Å². The van der Waals surface area contributed by atoms with E-state index in [1.165, 1.54) is 25.7 Å². The van der Waals surface area contributed by atoms with Gasteiger partial charge in [0.25, 0.3) is 5.91 Å². The van der Waals surface area contributed by atoms with E-state index in [2.05, 4.69) is 15.2 Å². The third-order valence-electron chi connectivity index (χ3n) is 4.39. The molecule has 2 rings (SSSR count). The third-order valence-corrected chi connectivity index (χ3v) is 4.39. The first-order chi connectivity index (χ1) is 12.1. The minimum atomic E-state index is -0.0480. The fraction of sp³-hybridized carbons (Fsp3) is 0.579. The van der Waals surface area contributed by atoms with Gasteiger partial charge in [-0.15, -0.1) is 24.0 Å². The molecule has 0 radical (unpaired) electrons. The molecule has 0 atom stereocenters. The average molecular weight is 473 g/mol. The molecule has 26 heavy (non-hydrogen) atoms. The van der Waals surface area contributed by atoms with Crippen molar-refractivity contribution in [2.75, 3.05) is 40.3 Å². The van der Waals surface area contributed by atoms with Gasteiger partial charge >= 0.3 is 0 Å². The average Bonchev–Trinajstić information content (AvgIpc) is 2.89. The molecule has 1 aromatic rings. The van der Waals surface area contributed by atoms with Gasteiger partial charge in [-0.25, -0.2) is 4.99 Å². The standard InChI is InChI=1S/C19H31N5O.HI/c1-23(2)13-10-21-18(25)17-9-7-8-16(14-17)15-22-19(20)24-11-5-3-4-6-12-24;/h7-9,14H,3-6,10-13,15H2,1-2H3,(H2,20,22)(H,21,25);1H. The number of hydrogen-bond acceptors (Lipinski definition) is 3. The molecule has 1 saturated heterocycles. The van der Waals surface area contributed by atoms with Crippen LogP contribution in [0.25, 0.3) is 0 Å². The summed E-state index contributed by atoms with van der Waals surface area (Å²) in [6.45, 7) is 3.94. The number of carbonyl (C=O) groups excluding carboxylic acids is 1. The molecule has 1 fully saturated rings. The highest BCUT2D eigenvalue weighted by Crippen LogP contribution is 2.10. The molecule has 6 nitrogen and oxygen atoms in total. The number of likely N-dealkylation sites (N-methyl/N-ethyl adjacent to an activating group) is 1. The lowest BCUT2D eigenvalue weighted by atomic mass is 10.1. The smallest absolute Gasteiger partial charge is 0.251 e. The minimum absolute atomic E-state index is 0. The van der Waals surface area contributed by atoms with Gasteiger partial charge in [0.1, 0.15) is 0 Å². The molecule has 7 heteroatoms. The summed E-state index contributed by atoms with van der Waals surface area (Å²) in [6.07, 6.45) is 4.90. The SMILES string of the molecule is CN(C)CCNC(=O)c1cccc(CN=C(N)N2CCCCCC2)c1.I. The molecule has 146 valence electrons. The van der Waals surface area contributed by atoms with Crippen molar-refractivity contribution in [3.8, 4) is 0 Å². The largest absolute Gasteiger partial charge is 0.370 e. The molecule has 0 spiro atoms. The molecule has 1 heterocycles. The van der Waals surface area contributed by atoms with Gasteiger partial charge in [0, 0.05) is 31.7 Å². The number of benzene rings is 1. The zero-order valence-corrected chi connectivity index (χ0v) is 18.2. The van der Waals surface area contributed by atoms with Crippen LogP contribution in [0.5, 0.6) is 0 Å². The maximum atomic E-state index is 12.2. The van der Waals surface area contributed by atoms with Crippen LogP contribution in [-0.2, 0) is 6.54 Å². The molecule has 3 N–H and O–H groups in total. The van der Waals surface area contributed by atoms with Crippen LogP contribution in [0.4, 0.5) is 0 Å². The van der Waals surface area contributed by atoms with E-state index in [1.807, 2.05) is 43.3 Å². The number of hydrogen-bond donors (Lipinski definition) is 2. The van der Waals surface area contributed by atoms with Crippen molar-refractivity contribution in [2.24, 2.45) is 10.7 Å². The Hall–Kier alpha value is -1.35. The number of halogens is 1. The first-order valence-corrected chi connectivity index (χ1v) is 9.13. The predicted octanol–water partition coefficient (Wildman–Crippen LogP) is 2.29. The molecule has 0 bridgehead atoms. The molecule has 0 unspecified atom stereocenters. The van der Waals surface area contributed by atoms with Gasteiger partial charge in [-0.1, -0.05) is 25.0 Å². The van der Waals surface area contributed by atoms with E-state index in [4.69, 9.17) is 5.73 Å². The van der Waals surface area contributed by atoms with Crippen molar-refractivity contribution in [2.45, 2.75) is 32.2 Å². The Labute approximate surface area is 174 Å². The molecule has 0 aromatic heterocycles. The molecule has 1 aromatic carbocycles. The summed E-state index contributed by atoms with van der Waals surface area (Å²) in [6, 6.07) is 7.60. The molecule has 0 saturated carbocycles. The number of nitrogens with one attached hydrogen (secondary N) is 1. The van der Waals surface area contributed by atoms with Gasteiger partial charge in [-0.3, -0.25) is 4.79 Å². The number of amides is 1. The Morgan fingerprint density at radius 3 is 2.58 bits per heavy atom. The van der Waals surface area contributed by atoms with Crippen molar-refractivity contribution in [1.82, 2.24) is 15.1 Å². The lowest BCUT2D eigenvalue weighted by Crippen LogP contribution is -2.38. The van der Waals surface area contributed by atoms with Crippen molar-refractivity contribution >= 4 is 35.8 Å². The monoisotopic (exact) mass is 473 g/mol. The van der Waals surface area contributed by atoms with E-state index < -0.39 is 0 Å². The number of carbonyl (C=O) groups is 1. The molecule has 1 aliphatic heterocycles. The van der Waals surface area contributed by atoms with Crippen LogP contribution in [0.1, 0.15) is 41.6 Å². The van der Waals surface area contributed by atoms with Gasteiger partial charge in [0.2, 0.25) is 0 Å². The Balaban J connectivity index is 0.00000338. The fourth-order valence-electron chi connectivity index (χ4n) is 2.88. The van der Waals surface area contributed by atoms with Gasteiger partial charge in [-0.2, -0.15) is 0 Å². The first kappa shape index (κ1) is 22.7. The summed E-state index contributed by atoms with van der Waals surface area (Å²) in [5.41, 5.74) is 7.81. The van der Waals surface area contributed by atoms with Crippen LogP contribution in [0, 0.1) is 0 Å². The van der Waals surface area contributed by atoms with Crippen molar-refractivity contribution in [3.63, 3.8) is 0 Å². The molecule has 1 amide bonds. The summed E-state index contributed by atoms with van der Waals surface area (Å²) in [7, 11) is 3.97. The lowest BCUT2D eigenvalue weighted by Gasteiger charge is -2.21. The van der Waals surface area contributed by atoms with E-state index in [0.717, 1.165) is 25.2 Å². The zero-order chi connectivity index (χ0) is 18.1. The molecule has 0 aliphatic carbocycles. The molecular weight excluding hydrogens is 441 g/mol. The first-order valence-electron chi connectivity index (χ1n) is 9.13. The third kappa shape index (κ3) is 7.90. The molecular formula is C19H32IN5O. The van der Waals surface area contributed by atoms with Crippen LogP contribution < -0.4 is 11.1 Å². The van der Waals surface area contributed by atoms with Crippen molar-refractivity contribution in [1.29, 1.82) is 0 Å². The number of likely N-dealkylation sites (tertiary alicyclic amines) is 1. The Morgan fingerprint density at radius 2 is 1.92 bits per heavy atom. The maximum absolute atomic E-state index is 12.2. The van der Waals surface area contributed by atoms with Gasteiger partial charge < -0.3 is 20.9 Å². The number of nitrogens with two attached hydrogens (primary N) is 1. The fourth-order valence-corrected chi connectivity index (χ4v) is 2.88. The van der Waals surface area contributed by atoms with Gasteiger partial charge in [0.15, 0.2) is 5.96 Å². The lowest BCUT2D eigenvalue weighted by molar-refractivity contribution is 0.0951. The summed E-state index contributed by atoms with van der Waals surface area (Å²) in [4.78, 5) is 20.9. The Morgan fingerprint density at radius 1 is 1.23 bits per heavy atom. The molecule has 1 aliphatic rings. The second kappa shape index (κ2) is 12.1. The van der Waals surface area contributed by atoms with E-state index >= 15 is 0 Å². The Kier molecular flexibility index (Phi) is 10.6. The second-order valence-electron chi connectivity index (χ2n) is 6.84. The maximum Gasteiger partial charge on any atom is 0.251 e. The predicted molar refractivity (Wildman–Crippen MR) is 118 cm³/mol. The summed E-state index contributed by atoms with van der Waals surface area (Å²) in [5, 5.41) is 2.93. The topological polar surface area (TPSA) is 74.0 Å². The number of guanidine groups is 1. The van der Waals surface area contributed by atoms with Crippen LogP contribution in [0.2, 0.25) is 0 Å². The number of nitrogens with zero attached hydrogens (tertiary/aromatic N) is 3. The Bertz CT molecular complexity index is 583. The summed E-state index contributed by atoms with van der Waals surface area (Å²) < 4.78 is 0. The van der Waals surface area contributed by atoms with E-state index in [-0.39, 0.29) is 29.9 Å². The van der Waals surface area contributed by atoms with Crippen molar-refractivity contribution < 1.29 is 4.79 Å². The number of aliphatic imine (C=N–C) groups is 1.